The molecule has 0 radical (unpaired) electrons. The van der Waals surface area contributed by atoms with Crippen LogP contribution in [0.1, 0.15) is 45.6 Å². The summed E-state index contributed by atoms with van der Waals surface area (Å²) >= 11 is -1.90. The van der Waals surface area contributed by atoms with Crippen LogP contribution in [0.4, 0.5) is 10.5 Å². The number of methoxy groups -OCH3 is 1. The molecule has 1 atom stereocenters. The number of hydrogen-bond donors (Lipinski definition) is 3. The van der Waals surface area contributed by atoms with Gasteiger partial charge in [-0.15, -0.1) is 9.82 Å². The molecular formula is C21H27N5O4S. The fraction of sp³-hybridized carbons (Fsp3) is 0.476. The number of carbonyl (C=O) groups is 2. The summed E-state index contributed by atoms with van der Waals surface area (Å²) in [6.07, 6.45) is 6.14. The Hall–Kier alpha value is -2.56. The molecule has 166 valence electrons. The van der Waals surface area contributed by atoms with Crippen molar-refractivity contribution in [1.29, 1.82) is 0 Å². The monoisotopic (exact) mass is 445 g/mol. The van der Waals surface area contributed by atoms with Gasteiger partial charge in [-0.3, -0.25) is 9.48 Å². The summed E-state index contributed by atoms with van der Waals surface area (Å²) in [6.45, 7) is 0.738. The van der Waals surface area contributed by atoms with Crippen molar-refractivity contribution in [2.45, 2.75) is 43.6 Å². The number of aromatic nitrogens is 2. The number of benzene rings is 1. The third kappa shape index (κ3) is 4.56. The van der Waals surface area contributed by atoms with Gasteiger partial charge in [0.15, 0.2) is 0 Å². The number of carbonyl (C=O) groups excluding carboxylic acids is 2. The fourth-order valence-electron chi connectivity index (χ4n) is 4.34. The average molecular weight is 446 g/mol. The van der Waals surface area contributed by atoms with Crippen LogP contribution in [0, 0.1) is 0 Å². The van der Waals surface area contributed by atoms with E-state index in [1.165, 1.54) is 33.0 Å². The lowest BCUT2D eigenvalue weighted by Crippen LogP contribution is -2.35. The molecule has 0 fully saturated rings. The van der Waals surface area contributed by atoms with Crippen LogP contribution in [-0.4, -0.2) is 46.5 Å². The number of fused-ring (bicyclic) bond motifs is 2. The number of anilines is 1. The van der Waals surface area contributed by atoms with Crippen molar-refractivity contribution in [1.82, 2.24) is 19.8 Å². The van der Waals surface area contributed by atoms with Gasteiger partial charge in [0.2, 0.25) is 0 Å². The van der Waals surface area contributed by atoms with Crippen LogP contribution >= 0.6 is 0 Å². The van der Waals surface area contributed by atoms with Crippen LogP contribution < -0.4 is 15.4 Å². The zero-order valence-corrected chi connectivity index (χ0v) is 18.6. The lowest BCUT2D eigenvalue weighted by atomic mass is 9.99. The Morgan fingerprint density at radius 3 is 2.48 bits per heavy atom. The Bertz CT molecular complexity index is 974. The van der Waals surface area contributed by atoms with Crippen LogP contribution in [0.3, 0.4) is 0 Å². The van der Waals surface area contributed by atoms with Gasteiger partial charge in [0, 0.05) is 32.5 Å². The summed E-state index contributed by atoms with van der Waals surface area (Å²) in [4.78, 5) is 24.9. The van der Waals surface area contributed by atoms with Crippen LogP contribution in [0.15, 0.2) is 17.2 Å². The van der Waals surface area contributed by atoms with E-state index < -0.39 is 17.4 Å². The van der Waals surface area contributed by atoms with Gasteiger partial charge in [-0.25, -0.2) is 4.79 Å². The quantitative estimate of drug-likeness (QED) is 0.442. The summed E-state index contributed by atoms with van der Waals surface area (Å²) in [5.74, 6) is -0.352. The Labute approximate surface area is 184 Å². The van der Waals surface area contributed by atoms with E-state index in [-0.39, 0.29) is 16.6 Å². The Morgan fingerprint density at radius 2 is 1.84 bits per heavy atom. The highest BCUT2D eigenvalue weighted by atomic mass is 32.2. The molecule has 0 spiro atoms. The molecule has 0 bridgehead atoms. The van der Waals surface area contributed by atoms with Crippen molar-refractivity contribution in [3.63, 3.8) is 0 Å². The van der Waals surface area contributed by atoms with Gasteiger partial charge in [-0.05, 0) is 60.8 Å². The van der Waals surface area contributed by atoms with Gasteiger partial charge in [0.1, 0.15) is 17.1 Å². The van der Waals surface area contributed by atoms with Gasteiger partial charge in [-0.1, -0.05) is 6.07 Å². The van der Waals surface area contributed by atoms with Gasteiger partial charge in [0.05, 0.1) is 6.61 Å². The predicted molar refractivity (Wildman–Crippen MR) is 116 cm³/mol. The number of ether oxygens (including phenoxy) is 1. The second kappa shape index (κ2) is 9.29. The van der Waals surface area contributed by atoms with E-state index in [1.807, 2.05) is 0 Å². The molecule has 1 heterocycles. The zero-order valence-electron chi connectivity index (χ0n) is 17.7. The second-order valence-electron chi connectivity index (χ2n) is 7.80. The Morgan fingerprint density at radius 1 is 1.16 bits per heavy atom. The van der Waals surface area contributed by atoms with Gasteiger partial charge >= 0.3 is 6.03 Å². The molecule has 10 heteroatoms. The highest BCUT2D eigenvalue weighted by Crippen LogP contribution is 2.38. The third-order valence-corrected chi connectivity index (χ3v) is 6.72. The Kier molecular flexibility index (Phi) is 6.49. The minimum atomic E-state index is -1.90. The molecule has 0 saturated heterocycles. The molecule has 1 aromatic heterocycles. The second-order valence-corrected chi connectivity index (χ2v) is 8.96. The first-order chi connectivity index (χ1) is 15.0. The van der Waals surface area contributed by atoms with E-state index in [4.69, 9.17) is 4.74 Å². The maximum absolute atomic E-state index is 12.7. The van der Waals surface area contributed by atoms with Crippen molar-refractivity contribution in [3.8, 4) is 0 Å². The molecule has 0 aliphatic heterocycles. The van der Waals surface area contributed by atoms with E-state index in [0.717, 1.165) is 44.2 Å². The summed E-state index contributed by atoms with van der Waals surface area (Å²) < 4.78 is 21.4. The molecule has 0 saturated carbocycles. The molecule has 2 aliphatic rings. The number of urea groups is 1. The number of nitrogens with one attached hydrogen (secondary N) is 3. The normalized spacial score (nSPS) is 15.3. The van der Waals surface area contributed by atoms with Crippen molar-refractivity contribution in [2.24, 2.45) is 7.05 Å². The van der Waals surface area contributed by atoms with E-state index in [1.54, 1.807) is 14.2 Å². The highest BCUT2D eigenvalue weighted by Gasteiger charge is 2.27. The first-order valence-electron chi connectivity index (χ1n) is 10.4. The van der Waals surface area contributed by atoms with Crippen molar-refractivity contribution >= 4 is 29.0 Å². The molecule has 2 aromatic rings. The topological polar surface area (TPSA) is 120 Å². The van der Waals surface area contributed by atoms with Gasteiger partial charge in [0.25, 0.3) is 10.9 Å². The molecule has 3 N–H and O–H groups in total. The summed E-state index contributed by atoms with van der Waals surface area (Å²) in [5.41, 5.74) is 6.16. The highest BCUT2D eigenvalue weighted by molar-refractivity contribution is 7.90. The number of rotatable bonds is 7. The Balaban J connectivity index is 1.44. The van der Waals surface area contributed by atoms with Crippen LogP contribution in [0.5, 0.6) is 0 Å². The van der Waals surface area contributed by atoms with Crippen LogP contribution in [0.2, 0.25) is 0 Å². The molecule has 9 nitrogen and oxygen atoms in total. The molecular weight excluding hydrogens is 418 g/mol. The molecule has 4 rings (SSSR count). The number of hydrogen-bond acceptors (Lipinski definition) is 5. The maximum Gasteiger partial charge on any atom is 0.361 e. The summed E-state index contributed by atoms with van der Waals surface area (Å²) in [7, 11) is 3.13. The lowest BCUT2D eigenvalue weighted by molar-refractivity contribution is 0.0927. The lowest BCUT2D eigenvalue weighted by Gasteiger charge is -2.16. The van der Waals surface area contributed by atoms with E-state index in [0.29, 0.717) is 13.2 Å². The minimum Gasteiger partial charge on any atom is -0.586 e. The molecule has 31 heavy (non-hydrogen) atoms. The van der Waals surface area contributed by atoms with Gasteiger partial charge < -0.3 is 19.9 Å². The molecule has 1 unspecified atom stereocenters. The van der Waals surface area contributed by atoms with Crippen molar-refractivity contribution in [2.75, 3.05) is 25.6 Å². The first kappa shape index (κ1) is 21.7. The molecule has 1 aromatic carbocycles. The van der Waals surface area contributed by atoms with Gasteiger partial charge in [-0.2, -0.15) is 0 Å². The first-order valence-corrected chi connectivity index (χ1v) is 11.6. The zero-order chi connectivity index (χ0) is 22.0. The van der Waals surface area contributed by atoms with Crippen molar-refractivity contribution < 1.29 is 18.9 Å². The molecule has 3 amide bonds. The number of aryl methyl sites for hydroxylation is 3. The fourth-order valence-corrected chi connectivity index (χ4v) is 5.08. The third-order valence-electron chi connectivity index (χ3n) is 5.77. The minimum absolute atomic E-state index is 0.109. The summed E-state index contributed by atoms with van der Waals surface area (Å²) in [6, 6.07) is 3.17. The standard InChI is InChI=1S/C21H27N5O4S/c1-26-17(20(27)22-9-10-30-2)12-18(24-26)31(29)25-21(28)23-19-15-7-3-5-13(15)11-14-6-4-8-16(14)19/h11-12H,3-10H2,1-2H3,(H,22,27)(H2,23,25,28). The average Bonchev–Trinajstić information content (AvgIpc) is 3.47. The smallest absolute Gasteiger partial charge is 0.361 e. The summed E-state index contributed by atoms with van der Waals surface area (Å²) in [5, 5.41) is 9.87. The van der Waals surface area contributed by atoms with Crippen molar-refractivity contribution in [3.05, 3.63) is 40.1 Å². The SMILES string of the molecule is COCCNC(=O)c1cc([S+]([O-])NC(=O)Nc2c3c(cc4c2CCC4)CCC3)nn1C. The predicted octanol–water partition coefficient (Wildman–Crippen LogP) is 1.62. The van der Waals surface area contributed by atoms with Crippen LogP contribution in [-0.2, 0) is 48.8 Å². The number of nitrogens with zero attached hydrogens (tertiary/aromatic N) is 2. The maximum atomic E-state index is 12.7. The van der Waals surface area contributed by atoms with Crippen LogP contribution in [0.25, 0.3) is 0 Å². The molecule has 2 aliphatic carbocycles. The number of amides is 3. The van der Waals surface area contributed by atoms with E-state index in [2.05, 4.69) is 26.5 Å². The van der Waals surface area contributed by atoms with E-state index in [9.17, 15) is 14.1 Å². The van der Waals surface area contributed by atoms with E-state index >= 15 is 0 Å². The largest absolute Gasteiger partial charge is 0.586 e.